The molecule has 0 spiro atoms. The molecule has 0 aliphatic heterocycles. The molecule has 0 bridgehead atoms. The van der Waals surface area contributed by atoms with Crippen LogP contribution < -0.4 is 5.32 Å². The fourth-order valence-electron chi connectivity index (χ4n) is 3.16. The fraction of sp³-hybridized carbons (Fsp3) is 0.150. The summed E-state index contributed by atoms with van der Waals surface area (Å²) in [6, 6.07) is 12.9. The van der Waals surface area contributed by atoms with Crippen LogP contribution in [0.1, 0.15) is 21.6 Å². The topological polar surface area (TPSA) is 60.7 Å². The van der Waals surface area contributed by atoms with Crippen LogP contribution in [0.15, 0.2) is 48.7 Å². The van der Waals surface area contributed by atoms with Gasteiger partial charge in [-0.1, -0.05) is 23.8 Å². The number of halogens is 1. The van der Waals surface area contributed by atoms with Gasteiger partial charge >= 0.3 is 0 Å². The van der Waals surface area contributed by atoms with E-state index in [9.17, 15) is 9.18 Å². The predicted molar refractivity (Wildman–Crippen MR) is 97.3 cm³/mol. The molecule has 4 nitrogen and oxygen atoms in total. The monoisotopic (exact) mass is 335 g/mol. The van der Waals surface area contributed by atoms with Crippen LogP contribution in [0.4, 0.5) is 4.39 Å². The molecule has 0 aliphatic carbocycles. The van der Waals surface area contributed by atoms with Crippen molar-refractivity contribution in [3.63, 3.8) is 0 Å². The Kier molecular flexibility index (Phi) is 3.76. The fourth-order valence-corrected chi connectivity index (χ4v) is 3.16. The van der Waals surface area contributed by atoms with Crippen molar-refractivity contribution in [1.29, 1.82) is 0 Å². The van der Waals surface area contributed by atoms with E-state index < -0.39 is 0 Å². The van der Waals surface area contributed by atoms with E-state index in [-0.39, 0.29) is 11.7 Å². The van der Waals surface area contributed by atoms with Gasteiger partial charge < -0.3 is 15.3 Å². The summed E-state index contributed by atoms with van der Waals surface area (Å²) < 4.78 is 13.7. The van der Waals surface area contributed by atoms with Crippen LogP contribution in [0.5, 0.6) is 0 Å². The van der Waals surface area contributed by atoms with Crippen molar-refractivity contribution in [2.45, 2.75) is 13.3 Å². The normalized spacial score (nSPS) is 11.3. The number of rotatable bonds is 4. The molecule has 126 valence electrons. The zero-order chi connectivity index (χ0) is 17.4. The van der Waals surface area contributed by atoms with Gasteiger partial charge in [0.2, 0.25) is 0 Å². The molecule has 2 heterocycles. The summed E-state index contributed by atoms with van der Waals surface area (Å²) in [5.41, 5.74) is 4.15. The molecule has 0 aliphatic rings. The lowest BCUT2D eigenvalue weighted by molar-refractivity contribution is 0.0950. The molecular weight excluding hydrogens is 317 g/mol. The minimum absolute atomic E-state index is 0.139. The molecule has 4 rings (SSSR count). The Morgan fingerprint density at radius 3 is 2.96 bits per heavy atom. The number of carbonyl (C=O) groups excluding carboxylic acids is 1. The lowest BCUT2D eigenvalue weighted by Crippen LogP contribution is -2.25. The van der Waals surface area contributed by atoms with E-state index >= 15 is 0 Å². The Morgan fingerprint density at radius 1 is 1.20 bits per heavy atom. The van der Waals surface area contributed by atoms with Gasteiger partial charge in [0.05, 0.1) is 5.52 Å². The maximum atomic E-state index is 13.7. The number of hydrogen-bond acceptors (Lipinski definition) is 1. The van der Waals surface area contributed by atoms with Gasteiger partial charge in [-0.05, 0) is 43.2 Å². The maximum Gasteiger partial charge on any atom is 0.267 e. The standard InChI is InChI=1S/C20H18FN3O/c1-12-5-6-17-14(9-12)10-18(24-17)20(25)22-8-7-13-11-23-19-15(13)3-2-4-16(19)21/h2-6,9-11,23-24H,7-8H2,1H3,(H,22,25). The van der Waals surface area contributed by atoms with Crippen molar-refractivity contribution in [3.8, 4) is 0 Å². The van der Waals surface area contributed by atoms with Crippen molar-refractivity contribution in [1.82, 2.24) is 15.3 Å². The van der Waals surface area contributed by atoms with Gasteiger partial charge in [-0.2, -0.15) is 0 Å². The van der Waals surface area contributed by atoms with E-state index in [2.05, 4.69) is 15.3 Å². The highest BCUT2D eigenvalue weighted by Gasteiger charge is 2.11. The minimum atomic E-state index is -0.263. The molecule has 0 saturated carbocycles. The van der Waals surface area contributed by atoms with Gasteiger partial charge in [0.15, 0.2) is 0 Å². The molecule has 0 atom stereocenters. The van der Waals surface area contributed by atoms with E-state index in [1.807, 2.05) is 37.3 Å². The first-order chi connectivity index (χ1) is 12.1. The molecule has 4 aromatic rings. The van der Waals surface area contributed by atoms with E-state index in [0.29, 0.717) is 24.2 Å². The third kappa shape index (κ3) is 2.89. The second-order valence-electron chi connectivity index (χ2n) is 6.26. The minimum Gasteiger partial charge on any atom is -0.359 e. The van der Waals surface area contributed by atoms with Crippen LogP contribution in [0.25, 0.3) is 21.8 Å². The highest BCUT2D eigenvalue weighted by molar-refractivity contribution is 5.98. The first kappa shape index (κ1) is 15.4. The van der Waals surface area contributed by atoms with Crippen LogP contribution in [0.2, 0.25) is 0 Å². The van der Waals surface area contributed by atoms with Gasteiger partial charge in [0, 0.05) is 29.0 Å². The average Bonchev–Trinajstić information content (AvgIpc) is 3.19. The van der Waals surface area contributed by atoms with Crippen LogP contribution >= 0.6 is 0 Å². The number of H-pyrrole nitrogens is 2. The lowest BCUT2D eigenvalue weighted by Gasteiger charge is -2.03. The van der Waals surface area contributed by atoms with E-state index in [4.69, 9.17) is 0 Å². The number of amides is 1. The number of fused-ring (bicyclic) bond motifs is 2. The van der Waals surface area contributed by atoms with Gasteiger partial charge in [-0.3, -0.25) is 4.79 Å². The van der Waals surface area contributed by atoms with Gasteiger partial charge in [0.1, 0.15) is 11.5 Å². The quantitative estimate of drug-likeness (QED) is 0.517. The smallest absolute Gasteiger partial charge is 0.267 e. The average molecular weight is 335 g/mol. The number of carbonyl (C=O) groups is 1. The Hall–Kier alpha value is -3.08. The van der Waals surface area contributed by atoms with Crippen LogP contribution in [0.3, 0.4) is 0 Å². The number of para-hydroxylation sites is 1. The summed E-state index contributed by atoms with van der Waals surface area (Å²) >= 11 is 0. The summed E-state index contributed by atoms with van der Waals surface area (Å²) in [6.45, 7) is 2.51. The summed E-state index contributed by atoms with van der Waals surface area (Å²) in [5.74, 6) is -0.402. The van der Waals surface area contributed by atoms with Crippen molar-refractivity contribution in [3.05, 3.63) is 71.3 Å². The molecule has 2 aromatic heterocycles. The molecular formula is C20H18FN3O. The molecule has 25 heavy (non-hydrogen) atoms. The largest absolute Gasteiger partial charge is 0.359 e. The summed E-state index contributed by atoms with van der Waals surface area (Å²) in [6.07, 6.45) is 2.43. The second kappa shape index (κ2) is 6.09. The first-order valence-electron chi connectivity index (χ1n) is 8.24. The molecule has 0 radical (unpaired) electrons. The van der Waals surface area contributed by atoms with Crippen LogP contribution in [-0.4, -0.2) is 22.4 Å². The Bertz CT molecular complexity index is 1080. The molecule has 2 aromatic carbocycles. The van der Waals surface area contributed by atoms with Crippen LogP contribution in [0, 0.1) is 12.7 Å². The zero-order valence-electron chi connectivity index (χ0n) is 13.8. The Balaban J connectivity index is 1.45. The van der Waals surface area contributed by atoms with Crippen molar-refractivity contribution >= 4 is 27.7 Å². The molecule has 1 amide bonds. The first-order valence-corrected chi connectivity index (χ1v) is 8.24. The number of benzene rings is 2. The molecule has 5 heteroatoms. The van der Waals surface area contributed by atoms with Crippen LogP contribution in [-0.2, 0) is 6.42 Å². The summed E-state index contributed by atoms with van der Waals surface area (Å²) in [5, 5.41) is 4.80. The van der Waals surface area contributed by atoms with E-state index in [0.717, 1.165) is 27.4 Å². The third-order valence-corrected chi connectivity index (χ3v) is 4.45. The zero-order valence-corrected chi connectivity index (χ0v) is 13.8. The van der Waals surface area contributed by atoms with Crippen molar-refractivity contribution < 1.29 is 9.18 Å². The maximum absolute atomic E-state index is 13.7. The van der Waals surface area contributed by atoms with Gasteiger partial charge in [-0.25, -0.2) is 4.39 Å². The number of nitrogens with one attached hydrogen (secondary N) is 3. The van der Waals surface area contributed by atoms with Crippen molar-refractivity contribution in [2.75, 3.05) is 6.54 Å². The molecule has 0 fully saturated rings. The van der Waals surface area contributed by atoms with E-state index in [1.54, 1.807) is 12.3 Å². The third-order valence-electron chi connectivity index (χ3n) is 4.45. The molecule has 0 unspecified atom stereocenters. The number of aromatic amines is 2. The van der Waals surface area contributed by atoms with Gasteiger partial charge in [-0.15, -0.1) is 0 Å². The molecule has 3 N–H and O–H groups in total. The lowest BCUT2D eigenvalue weighted by atomic mass is 10.1. The predicted octanol–water partition coefficient (Wildman–Crippen LogP) is 4.07. The number of aryl methyl sites for hydroxylation is 1. The Labute approximate surface area is 144 Å². The molecule has 0 saturated heterocycles. The number of hydrogen-bond donors (Lipinski definition) is 3. The highest BCUT2D eigenvalue weighted by atomic mass is 19.1. The summed E-state index contributed by atoms with van der Waals surface area (Å²) in [7, 11) is 0. The van der Waals surface area contributed by atoms with Crippen molar-refractivity contribution in [2.24, 2.45) is 0 Å². The van der Waals surface area contributed by atoms with Gasteiger partial charge in [0.25, 0.3) is 5.91 Å². The summed E-state index contributed by atoms with van der Waals surface area (Å²) in [4.78, 5) is 18.4. The second-order valence-corrected chi connectivity index (χ2v) is 6.26. The highest BCUT2D eigenvalue weighted by Crippen LogP contribution is 2.21. The Morgan fingerprint density at radius 2 is 2.08 bits per heavy atom. The van der Waals surface area contributed by atoms with E-state index in [1.165, 1.54) is 6.07 Å². The SMILES string of the molecule is Cc1ccc2[nH]c(C(=O)NCCc3c[nH]c4c(F)cccc34)cc2c1. The number of aromatic nitrogens is 2.